The molecule has 1 saturated heterocycles. The van der Waals surface area contributed by atoms with Crippen LogP contribution in [0, 0.1) is 0 Å². The lowest BCUT2D eigenvalue weighted by molar-refractivity contribution is -0.129. The highest BCUT2D eigenvalue weighted by Crippen LogP contribution is 2.35. The van der Waals surface area contributed by atoms with Crippen molar-refractivity contribution in [3.63, 3.8) is 0 Å². The number of hydrogen-bond acceptors (Lipinski definition) is 6. The van der Waals surface area contributed by atoms with Gasteiger partial charge in [-0.05, 0) is 39.9 Å². The summed E-state index contributed by atoms with van der Waals surface area (Å²) >= 11 is 0. The molecule has 0 aromatic heterocycles. The van der Waals surface area contributed by atoms with Crippen molar-refractivity contribution in [1.29, 1.82) is 0 Å². The second-order valence-corrected chi connectivity index (χ2v) is 9.75. The maximum absolute atomic E-state index is 13.8. The number of benzene rings is 4. The summed E-state index contributed by atoms with van der Waals surface area (Å²) in [7, 11) is 1.62. The Morgan fingerprint density at radius 1 is 0.854 bits per heavy atom. The smallest absolute Gasteiger partial charge is 0.417 e. The van der Waals surface area contributed by atoms with Crippen LogP contribution in [0.15, 0.2) is 109 Å². The van der Waals surface area contributed by atoms with Crippen LogP contribution in [0.2, 0.25) is 0 Å². The number of amides is 2. The Bertz CT molecular complexity index is 1420. The van der Waals surface area contributed by atoms with Crippen LogP contribution in [-0.4, -0.2) is 50.6 Å². The second kappa shape index (κ2) is 13.7. The average Bonchev–Trinajstić information content (AvgIpc) is 3.42. The van der Waals surface area contributed by atoms with E-state index in [2.05, 4.69) is 24.3 Å². The Balaban J connectivity index is 1.42. The molecule has 0 saturated carbocycles. The van der Waals surface area contributed by atoms with Gasteiger partial charge >= 0.3 is 6.09 Å². The molecule has 1 aliphatic rings. The number of carbonyl (C=O) groups is 2. The number of nitrogens with zero attached hydrogens (tertiary/aromatic N) is 1. The summed E-state index contributed by atoms with van der Waals surface area (Å²) in [4.78, 5) is 27.8. The van der Waals surface area contributed by atoms with E-state index in [9.17, 15) is 9.59 Å². The molecule has 1 fully saturated rings. The second-order valence-electron chi connectivity index (χ2n) is 9.75. The number of rotatable bonds is 12. The first-order chi connectivity index (χ1) is 20.1. The first-order valence-corrected chi connectivity index (χ1v) is 13.6. The summed E-state index contributed by atoms with van der Waals surface area (Å²) in [6.45, 7) is 1.13. The maximum Gasteiger partial charge on any atom is 0.417 e. The minimum atomic E-state index is -0.618. The largest absolute Gasteiger partial charge is 0.468 e. The van der Waals surface area contributed by atoms with Crippen molar-refractivity contribution in [3.05, 3.63) is 126 Å². The van der Waals surface area contributed by atoms with E-state index in [1.54, 1.807) is 7.11 Å². The lowest BCUT2D eigenvalue weighted by Gasteiger charge is -2.24. The Hall–Kier alpha value is -4.46. The highest BCUT2D eigenvalue weighted by atomic mass is 16.7. The van der Waals surface area contributed by atoms with Gasteiger partial charge in [-0.2, -0.15) is 0 Å². The Kier molecular flexibility index (Phi) is 9.41. The van der Waals surface area contributed by atoms with E-state index in [1.165, 1.54) is 4.90 Å². The van der Waals surface area contributed by atoms with Crippen molar-refractivity contribution < 1.29 is 28.5 Å². The lowest BCUT2D eigenvalue weighted by Crippen LogP contribution is -2.35. The minimum absolute atomic E-state index is 0.0803. The first kappa shape index (κ1) is 28.1. The molecule has 7 heteroatoms. The van der Waals surface area contributed by atoms with Crippen LogP contribution in [0.5, 0.6) is 5.75 Å². The van der Waals surface area contributed by atoms with Gasteiger partial charge in [-0.3, -0.25) is 4.79 Å². The third-order valence-electron chi connectivity index (χ3n) is 7.13. The molecular formula is C34H33NO6. The molecular weight excluding hydrogens is 518 g/mol. The molecule has 0 unspecified atom stereocenters. The van der Waals surface area contributed by atoms with Crippen molar-refractivity contribution in [1.82, 2.24) is 4.90 Å². The quantitative estimate of drug-likeness (QED) is 0.146. The molecule has 2 atom stereocenters. The Morgan fingerprint density at radius 3 is 2.29 bits per heavy atom. The van der Waals surface area contributed by atoms with Gasteiger partial charge in [0.25, 0.3) is 0 Å². The number of ether oxygens (including phenoxy) is 4. The fourth-order valence-electron chi connectivity index (χ4n) is 4.99. The van der Waals surface area contributed by atoms with Crippen LogP contribution >= 0.6 is 0 Å². The number of cyclic esters (lactones) is 1. The number of hydrogen-bond donors (Lipinski definition) is 0. The van der Waals surface area contributed by atoms with Crippen molar-refractivity contribution in [3.8, 4) is 16.9 Å². The van der Waals surface area contributed by atoms with Crippen LogP contribution in [0.3, 0.4) is 0 Å². The molecule has 0 N–H and O–H groups in total. The van der Waals surface area contributed by atoms with Crippen molar-refractivity contribution in [2.75, 3.05) is 33.7 Å². The Labute approximate surface area is 240 Å². The van der Waals surface area contributed by atoms with Gasteiger partial charge in [-0.15, -0.1) is 0 Å². The Morgan fingerprint density at radius 2 is 1.56 bits per heavy atom. The molecule has 1 heterocycles. The first-order valence-electron chi connectivity index (χ1n) is 13.6. The summed E-state index contributed by atoms with van der Waals surface area (Å²) in [6, 6.07) is 35.0. The van der Waals surface area contributed by atoms with E-state index in [0.717, 1.165) is 27.8 Å². The molecule has 5 rings (SSSR count). The highest BCUT2D eigenvalue weighted by Gasteiger charge is 2.39. The SMILES string of the molecule is COCCOCOc1cccc([C@@H](CC(=O)N2C(=O)OC[C@@H]2c2ccccc2)c2ccc(-c3ccccc3)cc2)c1. The van der Waals surface area contributed by atoms with Gasteiger partial charge < -0.3 is 18.9 Å². The van der Waals surface area contributed by atoms with Gasteiger partial charge in [0.2, 0.25) is 5.91 Å². The van der Waals surface area contributed by atoms with E-state index < -0.39 is 12.1 Å². The molecule has 0 radical (unpaired) electrons. The van der Waals surface area contributed by atoms with E-state index in [0.29, 0.717) is 19.0 Å². The van der Waals surface area contributed by atoms with Crippen LogP contribution in [0.25, 0.3) is 11.1 Å². The van der Waals surface area contributed by atoms with Crippen LogP contribution in [0.4, 0.5) is 4.79 Å². The molecule has 7 nitrogen and oxygen atoms in total. The van der Waals surface area contributed by atoms with Gasteiger partial charge in [0.05, 0.1) is 13.2 Å². The number of methoxy groups -OCH3 is 1. The average molecular weight is 552 g/mol. The summed E-state index contributed by atoms with van der Waals surface area (Å²) in [6.07, 6.45) is -0.538. The van der Waals surface area contributed by atoms with Crippen molar-refractivity contribution >= 4 is 12.0 Å². The molecule has 4 aromatic carbocycles. The maximum atomic E-state index is 13.8. The third kappa shape index (κ3) is 7.01. The van der Waals surface area contributed by atoms with Crippen molar-refractivity contribution in [2.24, 2.45) is 0 Å². The molecule has 0 aliphatic carbocycles. The van der Waals surface area contributed by atoms with Gasteiger partial charge in [0.1, 0.15) is 18.4 Å². The minimum Gasteiger partial charge on any atom is -0.468 e. The third-order valence-corrected chi connectivity index (χ3v) is 7.13. The summed E-state index contributed by atoms with van der Waals surface area (Å²) in [5.74, 6) is 0.00355. The van der Waals surface area contributed by atoms with Crippen LogP contribution < -0.4 is 4.74 Å². The van der Waals surface area contributed by atoms with Gasteiger partial charge in [-0.1, -0.05) is 97.1 Å². The summed E-state index contributed by atoms with van der Waals surface area (Å²) < 4.78 is 21.6. The molecule has 0 bridgehead atoms. The summed E-state index contributed by atoms with van der Waals surface area (Å²) in [5.41, 5.74) is 4.90. The van der Waals surface area contributed by atoms with Gasteiger partial charge in [0.15, 0.2) is 6.79 Å². The predicted octanol–water partition coefficient (Wildman–Crippen LogP) is 6.60. The van der Waals surface area contributed by atoms with E-state index in [-0.39, 0.29) is 31.6 Å². The fraction of sp³-hybridized carbons (Fsp3) is 0.235. The zero-order valence-electron chi connectivity index (χ0n) is 23.0. The highest BCUT2D eigenvalue weighted by molar-refractivity contribution is 5.94. The molecule has 1 aliphatic heterocycles. The van der Waals surface area contributed by atoms with E-state index >= 15 is 0 Å². The van der Waals surface area contributed by atoms with Crippen molar-refractivity contribution in [2.45, 2.75) is 18.4 Å². The summed E-state index contributed by atoms with van der Waals surface area (Å²) in [5, 5.41) is 0. The van der Waals surface area contributed by atoms with Gasteiger partial charge in [0, 0.05) is 19.4 Å². The number of carbonyl (C=O) groups excluding carboxylic acids is 2. The lowest BCUT2D eigenvalue weighted by atomic mass is 9.87. The molecule has 210 valence electrons. The van der Waals surface area contributed by atoms with Crippen LogP contribution in [-0.2, 0) is 19.0 Å². The van der Waals surface area contributed by atoms with E-state index in [4.69, 9.17) is 18.9 Å². The molecule has 4 aromatic rings. The topological polar surface area (TPSA) is 74.3 Å². The van der Waals surface area contributed by atoms with Crippen LogP contribution in [0.1, 0.15) is 35.1 Å². The standard InChI is InChI=1S/C34H33NO6/c1-38-19-20-39-24-41-30-14-8-13-29(21-30)31(27-17-15-26(16-18-27)25-9-4-2-5-10-25)22-33(36)35-32(23-40-34(35)37)28-11-6-3-7-12-28/h2-18,21,31-32H,19-20,22-24H2,1H3/t31-,32+/m0/s1. The van der Waals surface area contributed by atoms with Gasteiger partial charge in [-0.25, -0.2) is 9.69 Å². The molecule has 41 heavy (non-hydrogen) atoms. The molecule has 0 spiro atoms. The normalized spacial score (nSPS) is 15.4. The molecule has 2 amide bonds. The predicted molar refractivity (Wildman–Crippen MR) is 155 cm³/mol. The zero-order chi connectivity index (χ0) is 28.4. The van der Waals surface area contributed by atoms with E-state index in [1.807, 2.05) is 84.9 Å². The monoisotopic (exact) mass is 551 g/mol. The fourth-order valence-corrected chi connectivity index (χ4v) is 4.99. The number of imide groups is 1. The zero-order valence-corrected chi connectivity index (χ0v) is 23.0.